The van der Waals surface area contributed by atoms with E-state index in [0.717, 1.165) is 5.56 Å². The first-order valence-electron chi connectivity index (χ1n) is 6.69. The predicted octanol–water partition coefficient (Wildman–Crippen LogP) is 1.81. The van der Waals surface area contributed by atoms with Crippen LogP contribution in [0.15, 0.2) is 30.6 Å². The van der Waals surface area contributed by atoms with Crippen molar-refractivity contribution >= 4 is 18.0 Å². The van der Waals surface area contributed by atoms with Crippen LogP contribution in [0.25, 0.3) is 6.08 Å². The summed E-state index contributed by atoms with van der Waals surface area (Å²) in [5, 5.41) is 9.01. The molecule has 0 aliphatic carbocycles. The quantitative estimate of drug-likeness (QED) is 0.853. The third kappa shape index (κ3) is 3.44. The van der Waals surface area contributed by atoms with E-state index >= 15 is 0 Å². The lowest BCUT2D eigenvalue weighted by Gasteiger charge is -2.35. The molecule has 1 aliphatic rings. The summed E-state index contributed by atoms with van der Waals surface area (Å²) in [5.41, 5.74) is 0.869. The fraction of sp³-hybridized carbons (Fsp3) is 0.400. The molecule has 2 rings (SSSR count). The number of hydrogen-bond acceptors (Lipinski definition) is 3. The van der Waals surface area contributed by atoms with E-state index in [0.29, 0.717) is 19.4 Å². The van der Waals surface area contributed by atoms with Crippen molar-refractivity contribution in [1.29, 1.82) is 0 Å². The van der Waals surface area contributed by atoms with E-state index in [1.165, 1.54) is 6.08 Å². The molecule has 1 saturated heterocycles. The normalized spacial score (nSPS) is 22.9. The van der Waals surface area contributed by atoms with Crippen molar-refractivity contribution in [3.05, 3.63) is 36.2 Å². The van der Waals surface area contributed by atoms with Crippen LogP contribution in [0.1, 0.15) is 25.3 Å². The van der Waals surface area contributed by atoms with Gasteiger partial charge in [-0.1, -0.05) is 6.07 Å². The van der Waals surface area contributed by atoms with E-state index in [9.17, 15) is 9.59 Å². The Morgan fingerprint density at radius 2 is 2.30 bits per heavy atom. The number of aromatic nitrogens is 1. The van der Waals surface area contributed by atoms with Crippen LogP contribution in [-0.4, -0.2) is 39.5 Å². The lowest BCUT2D eigenvalue weighted by atomic mass is 9.91. The van der Waals surface area contributed by atoms with Gasteiger partial charge < -0.3 is 10.0 Å². The van der Waals surface area contributed by atoms with Crippen molar-refractivity contribution in [2.75, 3.05) is 6.54 Å². The molecule has 0 bridgehead atoms. The SMILES string of the molecule is CC1CC(C(=O)O)CCN1C(=O)/C=C/c1cccnc1. The third-order valence-electron chi connectivity index (χ3n) is 3.61. The maximum atomic E-state index is 12.1. The maximum Gasteiger partial charge on any atom is 0.306 e. The van der Waals surface area contributed by atoms with Gasteiger partial charge in [0, 0.05) is 31.1 Å². The molecule has 1 N–H and O–H groups in total. The van der Waals surface area contributed by atoms with E-state index < -0.39 is 5.97 Å². The van der Waals surface area contributed by atoms with Gasteiger partial charge in [-0.05, 0) is 37.5 Å². The van der Waals surface area contributed by atoms with Crippen molar-refractivity contribution < 1.29 is 14.7 Å². The molecule has 2 atom stereocenters. The van der Waals surface area contributed by atoms with Gasteiger partial charge >= 0.3 is 5.97 Å². The predicted molar refractivity (Wildman–Crippen MR) is 74.8 cm³/mol. The number of likely N-dealkylation sites (tertiary alicyclic amines) is 1. The Labute approximate surface area is 117 Å². The maximum absolute atomic E-state index is 12.1. The first kappa shape index (κ1) is 14.2. The highest BCUT2D eigenvalue weighted by Gasteiger charge is 2.31. The molecule has 0 aromatic carbocycles. The van der Waals surface area contributed by atoms with Crippen molar-refractivity contribution in [2.24, 2.45) is 5.92 Å². The Morgan fingerprint density at radius 1 is 1.50 bits per heavy atom. The van der Waals surface area contributed by atoms with Gasteiger partial charge in [0.2, 0.25) is 5.91 Å². The number of nitrogens with zero attached hydrogens (tertiary/aromatic N) is 2. The number of piperidine rings is 1. The lowest BCUT2D eigenvalue weighted by Crippen LogP contribution is -2.45. The van der Waals surface area contributed by atoms with Gasteiger partial charge in [0.25, 0.3) is 0 Å². The molecule has 106 valence electrons. The van der Waals surface area contributed by atoms with E-state index in [1.54, 1.807) is 23.4 Å². The molecule has 1 amide bonds. The molecule has 2 heterocycles. The summed E-state index contributed by atoms with van der Waals surface area (Å²) in [5.74, 6) is -1.18. The number of carbonyl (C=O) groups is 2. The number of rotatable bonds is 3. The Hall–Kier alpha value is -2.17. The van der Waals surface area contributed by atoms with Gasteiger partial charge in [-0.3, -0.25) is 14.6 Å². The Morgan fingerprint density at radius 3 is 2.90 bits per heavy atom. The second kappa shape index (κ2) is 6.32. The van der Waals surface area contributed by atoms with E-state index in [1.807, 2.05) is 19.1 Å². The number of pyridine rings is 1. The van der Waals surface area contributed by atoms with Crippen molar-refractivity contribution in [3.8, 4) is 0 Å². The third-order valence-corrected chi connectivity index (χ3v) is 3.61. The Kier molecular flexibility index (Phi) is 4.50. The van der Waals surface area contributed by atoms with Gasteiger partial charge in [-0.15, -0.1) is 0 Å². The molecular weight excluding hydrogens is 256 g/mol. The molecule has 2 unspecified atom stereocenters. The molecule has 0 spiro atoms. The van der Waals surface area contributed by atoms with Gasteiger partial charge in [-0.25, -0.2) is 0 Å². The summed E-state index contributed by atoms with van der Waals surface area (Å²) >= 11 is 0. The van der Waals surface area contributed by atoms with Crippen LogP contribution in [0.4, 0.5) is 0 Å². The van der Waals surface area contributed by atoms with Gasteiger partial charge in [0.05, 0.1) is 5.92 Å². The summed E-state index contributed by atoms with van der Waals surface area (Å²) in [6.07, 6.45) is 7.65. The largest absolute Gasteiger partial charge is 0.481 e. The first-order chi connectivity index (χ1) is 9.58. The number of amides is 1. The van der Waals surface area contributed by atoms with E-state index in [4.69, 9.17) is 5.11 Å². The summed E-state index contributed by atoms with van der Waals surface area (Å²) in [7, 11) is 0. The second-order valence-corrected chi connectivity index (χ2v) is 5.06. The second-order valence-electron chi connectivity index (χ2n) is 5.06. The van der Waals surface area contributed by atoms with Crippen LogP contribution in [0.3, 0.4) is 0 Å². The number of hydrogen-bond donors (Lipinski definition) is 1. The van der Waals surface area contributed by atoms with Crippen LogP contribution in [0.2, 0.25) is 0 Å². The van der Waals surface area contributed by atoms with Crippen molar-refractivity contribution in [3.63, 3.8) is 0 Å². The number of carboxylic acid groups (broad SMARTS) is 1. The standard InChI is InChI=1S/C15H18N2O3/c1-11-9-13(15(19)20)6-8-17(11)14(18)5-4-12-3-2-7-16-10-12/h2-5,7,10-11,13H,6,8-9H2,1H3,(H,19,20)/b5-4+. The average molecular weight is 274 g/mol. The van der Waals surface area contributed by atoms with Crippen molar-refractivity contribution in [1.82, 2.24) is 9.88 Å². The summed E-state index contributed by atoms with van der Waals surface area (Å²) < 4.78 is 0. The zero-order valence-corrected chi connectivity index (χ0v) is 11.4. The van der Waals surface area contributed by atoms with Crippen LogP contribution in [-0.2, 0) is 9.59 Å². The first-order valence-corrected chi connectivity index (χ1v) is 6.69. The summed E-state index contributed by atoms with van der Waals surface area (Å²) in [6.45, 7) is 2.39. The molecule has 1 aromatic heterocycles. The topological polar surface area (TPSA) is 70.5 Å². The van der Waals surface area contributed by atoms with Crippen LogP contribution >= 0.6 is 0 Å². The highest BCUT2D eigenvalue weighted by Crippen LogP contribution is 2.23. The Balaban J connectivity index is 1.97. The Bertz CT molecular complexity index is 513. The molecule has 1 aliphatic heterocycles. The monoisotopic (exact) mass is 274 g/mol. The summed E-state index contributed by atoms with van der Waals surface area (Å²) in [6, 6.07) is 3.64. The fourth-order valence-electron chi connectivity index (χ4n) is 2.46. The van der Waals surface area contributed by atoms with Crippen molar-refractivity contribution in [2.45, 2.75) is 25.8 Å². The smallest absolute Gasteiger partial charge is 0.306 e. The molecule has 1 aromatic rings. The van der Waals surface area contributed by atoms with Crippen LogP contribution in [0, 0.1) is 5.92 Å². The number of carbonyl (C=O) groups excluding carboxylic acids is 1. The highest BCUT2D eigenvalue weighted by atomic mass is 16.4. The molecule has 0 radical (unpaired) electrons. The molecular formula is C15H18N2O3. The van der Waals surface area contributed by atoms with Gasteiger partial charge in [0.15, 0.2) is 0 Å². The average Bonchev–Trinajstić information content (AvgIpc) is 2.45. The van der Waals surface area contributed by atoms with Gasteiger partial charge in [0.1, 0.15) is 0 Å². The number of aliphatic carboxylic acids is 1. The molecule has 20 heavy (non-hydrogen) atoms. The van der Waals surface area contributed by atoms with Gasteiger partial charge in [-0.2, -0.15) is 0 Å². The highest BCUT2D eigenvalue weighted by molar-refractivity contribution is 5.92. The zero-order valence-electron chi connectivity index (χ0n) is 11.4. The molecule has 1 fully saturated rings. The van der Waals surface area contributed by atoms with E-state index in [2.05, 4.69) is 4.98 Å². The molecule has 5 heteroatoms. The minimum absolute atomic E-state index is 0.0455. The van der Waals surface area contributed by atoms with Crippen LogP contribution in [0.5, 0.6) is 0 Å². The lowest BCUT2D eigenvalue weighted by molar-refractivity contribution is -0.146. The molecule has 5 nitrogen and oxygen atoms in total. The van der Waals surface area contributed by atoms with E-state index in [-0.39, 0.29) is 17.9 Å². The minimum atomic E-state index is -0.769. The van der Waals surface area contributed by atoms with Crippen LogP contribution < -0.4 is 0 Å². The fourth-order valence-corrected chi connectivity index (χ4v) is 2.46. The molecule has 0 saturated carbocycles. The zero-order chi connectivity index (χ0) is 14.5. The summed E-state index contributed by atoms with van der Waals surface area (Å²) in [4.78, 5) is 28.8. The minimum Gasteiger partial charge on any atom is -0.481 e. The number of carboxylic acids is 1.